The van der Waals surface area contributed by atoms with Gasteiger partial charge in [0.15, 0.2) is 0 Å². The van der Waals surface area contributed by atoms with Gasteiger partial charge in [-0.25, -0.2) is 4.99 Å². The van der Waals surface area contributed by atoms with Crippen LogP contribution in [0.3, 0.4) is 0 Å². The van der Waals surface area contributed by atoms with Crippen LogP contribution in [0.15, 0.2) is 102 Å². The molecule has 0 unspecified atom stereocenters. The minimum absolute atomic E-state index is 0.371. The standard InChI is InChI=1S/C35H37BN2O2/c1-6-7-22-38-31-23-27(36-39-34(2,3)35(4,5)40-36)18-20-29(31)30-21-19-28(24-32(30)38)37-33(25-14-10-8-11-15-25)26-16-12-9-13-17-26/h8-21,23-24H,6-7,22H2,1-5H3. The van der Waals surface area contributed by atoms with Gasteiger partial charge in [0.05, 0.1) is 28.1 Å². The van der Waals surface area contributed by atoms with E-state index in [0.29, 0.717) is 0 Å². The lowest BCUT2D eigenvalue weighted by molar-refractivity contribution is 0.00578. The second-order valence-electron chi connectivity index (χ2n) is 11.8. The van der Waals surface area contributed by atoms with E-state index < -0.39 is 0 Å². The third-order valence-electron chi connectivity index (χ3n) is 8.47. The third-order valence-corrected chi connectivity index (χ3v) is 8.47. The lowest BCUT2D eigenvalue weighted by Crippen LogP contribution is -2.41. The van der Waals surface area contributed by atoms with Gasteiger partial charge in [-0.3, -0.25) is 0 Å². The molecule has 1 aliphatic rings. The molecule has 1 fully saturated rings. The maximum atomic E-state index is 6.39. The van der Waals surface area contributed by atoms with E-state index in [2.05, 4.69) is 124 Å². The van der Waals surface area contributed by atoms with Crippen molar-refractivity contribution >= 4 is 45.8 Å². The number of aryl methyl sites for hydroxylation is 1. The monoisotopic (exact) mass is 528 g/mol. The molecular formula is C35H37BN2O2. The molecule has 0 radical (unpaired) electrons. The Morgan fingerprint density at radius 1 is 0.725 bits per heavy atom. The molecule has 1 aromatic heterocycles. The third kappa shape index (κ3) is 4.78. The number of hydrogen-bond donors (Lipinski definition) is 0. The molecule has 1 saturated heterocycles. The van der Waals surface area contributed by atoms with Crippen molar-refractivity contribution in [1.29, 1.82) is 0 Å². The highest BCUT2D eigenvalue weighted by Crippen LogP contribution is 2.37. The number of aromatic nitrogens is 1. The summed E-state index contributed by atoms with van der Waals surface area (Å²) in [5.41, 5.74) is 6.86. The van der Waals surface area contributed by atoms with Gasteiger partial charge >= 0.3 is 7.12 Å². The predicted molar refractivity (Wildman–Crippen MR) is 168 cm³/mol. The molecule has 4 nitrogen and oxygen atoms in total. The van der Waals surface area contributed by atoms with E-state index in [-0.39, 0.29) is 18.3 Å². The first-order valence-corrected chi connectivity index (χ1v) is 14.4. The second kappa shape index (κ2) is 10.4. The van der Waals surface area contributed by atoms with Crippen LogP contribution in [0.4, 0.5) is 5.69 Å². The molecule has 0 spiro atoms. The van der Waals surface area contributed by atoms with Crippen molar-refractivity contribution in [3.63, 3.8) is 0 Å². The van der Waals surface area contributed by atoms with Gasteiger partial charge in [-0.05, 0) is 57.8 Å². The Morgan fingerprint density at radius 2 is 1.27 bits per heavy atom. The lowest BCUT2D eigenvalue weighted by Gasteiger charge is -2.32. The number of hydrogen-bond acceptors (Lipinski definition) is 3. The molecule has 0 bridgehead atoms. The molecule has 1 aliphatic heterocycles. The smallest absolute Gasteiger partial charge is 0.399 e. The highest BCUT2D eigenvalue weighted by Gasteiger charge is 2.51. The average Bonchev–Trinajstić information content (AvgIpc) is 3.39. The number of fused-ring (bicyclic) bond motifs is 3. The highest BCUT2D eigenvalue weighted by atomic mass is 16.7. The Hall–Kier alpha value is -3.67. The van der Waals surface area contributed by atoms with Crippen LogP contribution in [-0.2, 0) is 15.9 Å². The van der Waals surface area contributed by atoms with E-state index in [1.165, 1.54) is 21.8 Å². The van der Waals surface area contributed by atoms with Crippen molar-refractivity contribution in [3.05, 3.63) is 108 Å². The topological polar surface area (TPSA) is 35.8 Å². The zero-order chi connectivity index (χ0) is 27.9. The van der Waals surface area contributed by atoms with Crippen LogP contribution in [0.2, 0.25) is 0 Å². The summed E-state index contributed by atoms with van der Waals surface area (Å²) >= 11 is 0. The molecular weight excluding hydrogens is 491 g/mol. The first kappa shape index (κ1) is 26.6. The molecule has 4 aromatic carbocycles. The van der Waals surface area contributed by atoms with Crippen molar-refractivity contribution in [1.82, 2.24) is 4.57 Å². The van der Waals surface area contributed by atoms with E-state index in [9.17, 15) is 0 Å². The number of unbranched alkanes of at least 4 members (excludes halogenated alkanes) is 1. The number of nitrogens with zero attached hydrogens (tertiary/aromatic N) is 2. The highest BCUT2D eigenvalue weighted by molar-refractivity contribution is 6.62. The van der Waals surface area contributed by atoms with Crippen LogP contribution < -0.4 is 5.46 Å². The maximum Gasteiger partial charge on any atom is 0.494 e. The number of benzene rings is 4. The zero-order valence-electron chi connectivity index (χ0n) is 24.1. The Labute approximate surface area is 237 Å². The summed E-state index contributed by atoms with van der Waals surface area (Å²) in [5, 5.41) is 2.49. The summed E-state index contributed by atoms with van der Waals surface area (Å²) in [6.45, 7) is 11.6. The minimum Gasteiger partial charge on any atom is -0.399 e. The van der Waals surface area contributed by atoms with Crippen LogP contribution in [-0.4, -0.2) is 28.6 Å². The van der Waals surface area contributed by atoms with Crippen LogP contribution in [0, 0.1) is 0 Å². The minimum atomic E-state index is -0.383. The Balaban J connectivity index is 1.48. The molecule has 0 atom stereocenters. The summed E-state index contributed by atoms with van der Waals surface area (Å²) in [4.78, 5) is 5.22. The van der Waals surface area contributed by atoms with Gasteiger partial charge in [0.2, 0.25) is 0 Å². The fraction of sp³-hybridized carbons (Fsp3) is 0.286. The van der Waals surface area contributed by atoms with Crippen molar-refractivity contribution < 1.29 is 9.31 Å². The van der Waals surface area contributed by atoms with E-state index >= 15 is 0 Å². The quantitative estimate of drug-likeness (QED) is 0.158. The van der Waals surface area contributed by atoms with Gasteiger partial charge in [-0.2, -0.15) is 0 Å². The predicted octanol–water partition coefficient (Wildman–Crippen LogP) is 8.06. The molecule has 0 aliphatic carbocycles. The van der Waals surface area contributed by atoms with Gasteiger partial charge in [0, 0.05) is 34.0 Å². The zero-order valence-corrected chi connectivity index (χ0v) is 24.1. The van der Waals surface area contributed by atoms with Crippen molar-refractivity contribution in [2.24, 2.45) is 4.99 Å². The van der Waals surface area contributed by atoms with Gasteiger partial charge in [-0.1, -0.05) is 92.2 Å². The summed E-state index contributed by atoms with van der Waals surface area (Å²) < 4.78 is 15.2. The average molecular weight is 529 g/mol. The fourth-order valence-electron chi connectivity index (χ4n) is 5.47. The first-order valence-electron chi connectivity index (χ1n) is 14.4. The lowest BCUT2D eigenvalue weighted by atomic mass is 9.79. The van der Waals surface area contributed by atoms with Crippen LogP contribution in [0.25, 0.3) is 21.8 Å². The molecule has 0 N–H and O–H groups in total. The van der Waals surface area contributed by atoms with Gasteiger partial charge < -0.3 is 13.9 Å². The van der Waals surface area contributed by atoms with Crippen LogP contribution in [0.5, 0.6) is 0 Å². The van der Waals surface area contributed by atoms with Gasteiger partial charge in [0.25, 0.3) is 0 Å². The van der Waals surface area contributed by atoms with Crippen molar-refractivity contribution in [3.8, 4) is 0 Å². The largest absolute Gasteiger partial charge is 0.494 e. The molecule has 2 heterocycles. The maximum absolute atomic E-state index is 6.39. The SMILES string of the molecule is CCCCn1c2cc(N=C(c3ccccc3)c3ccccc3)ccc2c2ccc(B3OC(C)(C)C(C)(C)O3)cc21. The normalized spacial score (nSPS) is 16.1. The van der Waals surface area contributed by atoms with E-state index in [4.69, 9.17) is 14.3 Å². The van der Waals surface area contributed by atoms with E-state index in [0.717, 1.165) is 47.4 Å². The molecule has 0 amide bonds. The van der Waals surface area contributed by atoms with Crippen LogP contribution in [0.1, 0.15) is 58.6 Å². The number of rotatable bonds is 7. The Morgan fingerprint density at radius 3 is 1.85 bits per heavy atom. The Bertz CT molecular complexity index is 1630. The Kier molecular flexibility index (Phi) is 6.89. The summed E-state index contributed by atoms with van der Waals surface area (Å²) in [6, 6.07) is 34.1. The molecule has 6 rings (SSSR count). The first-order chi connectivity index (χ1) is 19.3. The van der Waals surface area contributed by atoms with Gasteiger partial charge in [0.1, 0.15) is 0 Å². The molecule has 5 heteroatoms. The number of aliphatic imine (C=N–C) groups is 1. The fourth-order valence-corrected chi connectivity index (χ4v) is 5.47. The van der Waals surface area contributed by atoms with Gasteiger partial charge in [-0.15, -0.1) is 0 Å². The van der Waals surface area contributed by atoms with Crippen LogP contribution >= 0.6 is 0 Å². The van der Waals surface area contributed by atoms with E-state index in [1.54, 1.807) is 0 Å². The van der Waals surface area contributed by atoms with Crippen molar-refractivity contribution in [2.45, 2.75) is 65.2 Å². The molecule has 202 valence electrons. The molecule has 0 saturated carbocycles. The summed E-state index contributed by atoms with van der Waals surface area (Å²) in [7, 11) is -0.383. The van der Waals surface area contributed by atoms with E-state index in [1.807, 2.05) is 12.1 Å². The summed E-state index contributed by atoms with van der Waals surface area (Å²) in [6.07, 6.45) is 2.23. The molecule has 5 aromatic rings. The summed E-state index contributed by atoms with van der Waals surface area (Å²) in [5.74, 6) is 0. The van der Waals surface area contributed by atoms with Crippen molar-refractivity contribution in [2.75, 3.05) is 0 Å². The molecule has 40 heavy (non-hydrogen) atoms. The second-order valence-corrected chi connectivity index (χ2v) is 11.8.